The van der Waals surface area contributed by atoms with Gasteiger partial charge in [-0.05, 0) is 44.0 Å². The fourth-order valence-electron chi connectivity index (χ4n) is 3.05. The second-order valence-corrected chi connectivity index (χ2v) is 7.48. The van der Waals surface area contributed by atoms with Crippen molar-refractivity contribution >= 4 is 23.4 Å². The number of carbonyl (C=O) groups is 1. The summed E-state index contributed by atoms with van der Waals surface area (Å²) in [4.78, 5) is 12.5. The topological polar surface area (TPSA) is 82.2 Å². The molecule has 0 spiro atoms. The quantitative estimate of drug-likeness (QED) is 0.579. The van der Waals surface area contributed by atoms with E-state index in [4.69, 9.17) is 9.15 Å². The van der Waals surface area contributed by atoms with Crippen LogP contribution in [0.1, 0.15) is 16.7 Å². The molecule has 2 heterocycles. The van der Waals surface area contributed by atoms with Gasteiger partial charge in [0.25, 0.3) is 0 Å². The second-order valence-electron chi connectivity index (χ2n) is 6.54. The van der Waals surface area contributed by atoms with E-state index in [-0.39, 0.29) is 11.7 Å². The van der Waals surface area contributed by atoms with Crippen molar-refractivity contribution in [2.24, 2.45) is 0 Å². The number of furan rings is 1. The van der Waals surface area contributed by atoms with Crippen molar-refractivity contribution in [1.29, 1.82) is 0 Å². The predicted octanol–water partition coefficient (Wildman–Crippen LogP) is 3.84. The molecule has 0 saturated heterocycles. The van der Waals surface area contributed by atoms with Crippen molar-refractivity contribution in [2.75, 3.05) is 24.8 Å². The number of benzene rings is 1. The Morgan fingerprint density at radius 3 is 2.64 bits per heavy atom. The number of carbonyl (C=O) groups excluding carboxylic acids is 1. The number of amides is 1. The summed E-state index contributed by atoms with van der Waals surface area (Å²) in [6.07, 6.45) is 1.59. The van der Waals surface area contributed by atoms with Crippen LogP contribution in [0.25, 0.3) is 11.6 Å². The minimum absolute atomic E-state index is 0.0825. The summed E-state index contributed by atoms with van der Waals surface area (Å²) >= 11 is 1.34. The molecule has 1 aromatic carbocycles. The molecule has 0 aliphatic rings. The van der Waals surface area contributed by atoms with E-state index in [1.54, 1.807) is 19.4 Å². The average molecular weight is 401 g/mol. The molecule has 2 aromatic heterocycles. The van der Waals surface area contributed by atoms with Crippen LogP contribution in [0.5, 0.6) is 0 Å². The Morgan fingerprint density at radius 2 is 2.00 bits per heavy atom. The Hall–Kier alpha value is -2.58. The number of thioether (sulfide) groups is 1. The standard InChI is InChI=1S/C20H24N4O3S/c1-13-10-14(2)18(15(3)11-13)21-17(25)12-28-20-23-22-19(16-6-5-8-27-16)24(20)7-9-26-4/h5-6,8,10-11H,7,9,12H2,1-4H3,(H,21,25). The van der Waals surface area contributed by atoms with Crippen LogP contribution in [0, 0.1) is 20.8 Å². The van der Waals surface area contributed by atoms with Crippen molar-refractivity contribution in [2.45, 2.75) is 32.5 Å². The van der Waals surface area contributed by atoms with Crippen LogP contribution in [-0.2, 0) is 16.1 Å². The molecule has 0 atom stereocenters. The Kier molecular flexibility index (Phi) is 6.53. The van der Waals surface area contributed by atoms with Crippen molar-refractivity contribution < 1.29 is 13.9 Å². The Bertz CT molecular complexity index is 928. The third-order valence-electron chi connectivity index (χ3n) is 4.25. The predicted molar refractivity (Wildman–Crippen MR) is 110 cm³/mol. The summed E-state index contributed by atoms with van der Waals surface area (Å²) in [6, 6.07) is 7.76. The van der Waals surface area contributed by atoms with E-state index in [1.807, 2.05) is 31.4 Å². The monoisotopic (exact) mass is 400 g/mol. The molecule has 0 bridgehead atoms. The molecular weight excluding hydrogens is 376 g/mol. The van der Waals surface area contributed by atoms with E-state index >= 15 is 0 Å². The molecule has 28 heavy (non-hydrogen) atoms. The van der Waals surface area contributed by atoms with E-state index in [1.165, 1.54) is 17.3 Å². The molecule has 0 aliphatic carbocycles. The third-order valence-corrected chi connectivity index (χ3v) is 5.22. The average Bonchev–Trinajstić information content (AvgIpc) is 3.30. The lowest BCUT2D eigenvalue weighted by atomic mass is 10.1. The molecule has 7 nitrogen and oxygen atoms in total. The van der Waals surface area contributed by atoms with Crippen LogP contribution in [-0.4, -0.2) is 40.1 Å². The molecule has 148 valence electrons. The van der Waals surface area contributed by atoms with Crippen LogP contribution in [0.4, 0.5) is 5.69 Å². The molecule has 3 aromatic rings. The molecule has 8 heteroatoms. The first-order valence-electron chi connectivity index (χ1n) is 8.96. The van der Waals surface area contributed by atoms with Crippen LogP contribution in [0.2, 0.25) is 0 Å². The Labute approximate surface area is 168 Å². The number of aromatic nitrogens is 3. The van der Waals surface area contributed by atoms with Crippen LogP contribution >= 0.6 is 11.8 Å². The number of ether oxygens (including phenoxy) is 1. The highest BCUT2D eigenvalue weighted by Crippen LogP contribution is 2.26. The molecule has 0 unspecified atom stereocenters. The molecule has 1 N–H and O–H groups in total. The maximum Gasteiger partial charge on any atom is 0.234 e. The minimum Gasteiger partial charge on any atom is -0.461 e. The summed E-state index contributed by atoms with van der Waals surface area (Å²) in [5.41, 5.74) is 4.16. The minimum atomic E-state index is -0.0825. The van der Waals surface area contributed by atoms with Gasteiger partial charge in [-0.15, -0.1) is 10.2 Å². The number of methoxy groups -OCH3 is 1. The van der Waals surface area contributed by atoms with E-state index < -0.39 is 0 Å². The highest BCUT2D eigenvalue weighted by atomic mass is 32.2. The molecule has 1 amide bonds. The lowest BCUT2D eigenvalue weighted by Crippen LogP contribution is -2.16. The largest absolute Gasteiger partial charge is 0.461 e. The molecule has 0 saturated carbocycles. The lowest BCUT2D eigenvalue weighted by Gasteiger charge is -2.13. The zero-order valence-electron chi connectivity index (χ0n) is 16.5. The first kappa shape index (κ1) is 20.2. The third kappa shape index (κ3) is 4.63. The number of aryl methyl sites for hydroxylation is 3. The summed E-state index contributed by atoms with van der Waals surface area (Å²) in [6.45, 7) is 7.12. The number of anilines is 1. The number of nitrogens with one attached hydrogen (secondary N) is 1. The summed E-state index contributed by atoms with van der Waals surface area (Å²) in [5.74, 6) is 1.40. The number of nitrogens with zero attached hydrogens (tertiary/aromatic N) is 3. The first-order valence-corrected chi connectivity index (χ1v) is 9.94. The zero-order valence-corrected chi connectivity index (χ0v) is 17.3. The van der Waals surface area contributed by atoms with Gasteiger partial charge in [0.15, 0.2) is 10.9 Å². The van der Waals surface area contributed by atoms with Gasteiger partial charge in [0.1, 0.15) is 0 Å². The number of hydrogen-bond donors (Lipinski definition) is 1. The van der Waals surface area contributed by atoms with E-state index in [0.717, 1.165) is 16.8 Å². The highest BCUT2D eigenvalue weighted by molar-refractivity contribution is 7.99. The van der Waals surface area contributed by atoms with Crippen LogP contribution < -0.4 is 5.32 Å². The number of hydrogen-bond acceptors (Lipinski definition) is 6. The van der Waals surface area contributed by atoms with Gasteiger partial charge in [-0.2, -0.15) is 0 Å². The summed E-state index contributed by atoms with van der Waals surface area (Å²) < 4.78 is 12.5. The summed E-state index contributed by atoms with van der Waals surface area (Å²) in [7, 11) is 1.64. The van der Waals surface area contributed by atoms with Crippen LogP contribution in [0.15, 0.2) is 40.1 Å². The maximum atomic E-state index is 12.5. The summed E-state index contributed by atoms with van der Waals surface area (Å²) in [5, 5.41) is 12.1. The van der Waals surface area contributed by atoms with Crippen LogP contribution in [0.3, 0.4) is 0 Å². The van der Waals surface area contributed by atoms with Gasteiger partial charge in [-0.3, -0.25) is 9.36 Å². The first-order chi connectivity index (χ1) is 13.5. The second kappa shape index (κ2) is 9.07. The van der Waals surface area contributed by atoms with E-state index in [2.05, 4.69) is 27.6 Å². The highest BCUT2D eigenvalue weighted by Gasteiger charge is 2.17. The Balaban J connectivity index is 1.71. The van der Waals surface area contributed by atoms with E-state index in [0.29, 0.717) is 29.9 Å². The van der Waals surface area contributed by atoms with E-state index in [9.17, 15) is 4.79 Å². The van der Waals surface area contributed by atoms with Gasteiger partial charge in [-0.25, -0.2) is 0 Å². The van der Waals surface area contributed by atoms with Crippen molar-refractivity contribution in [3.05, 3.63) is 47.2 Å². The van der Waals surface area contributed by atoms with Gasteiger partial charge >= 0.3 is 0 Å². The SMILES string of the molecule is COCCn1c(SCC(=O)Nc2c(C)cc(C)cc2C)nnc1-c1ccco1. The number of rotatable bonds is 8. The van der Waals surface area contributed by atoms with Gasteiger partial charge in [0, 0.05) is 12.8 Å². The molecule has 3 rings (SSSR count). The zero-order chi connectivity index (χ0) is 20.1. The normalized spacial score (nSPS) is 11.0. The van der Waals surface area contributed by atoms with Crippen molar-refractivity contribution in [1.82, 2.24) is 14.8 Å². The maximum absolute atomic E-state index is 12.5. The molecule has 0 fully saturated rings. The van der Waals surface area contributed by atoms with Gasteiger partial charge in [0.2, 0.25) is 11.7 Å². The molecule has 0 radical (unpaired) electrons. The van der Waals surface area contributed by atoms with Gasteiger partial charge < -0.3 is 14.5 Å². The fourth-order valence-corrected chi connectivity index (χ4v) is 3.81. The van der Waals surface area contributed by atoms with Crippen molar-refractivity contribution in [3.63, 3.8) is 0 Å². The van der Waals surface area contributed by atoms with Gasteiger partial charge in [0.05, 0.1) is 25.2 Å². The molecular formula is C20H24N4O3S. The Morgan fingerprint density at radius 1 is 1.25 bits per heavy atom. The molecule has 0 aliphatic heterocycles. The smallest absolute Gasteiger partial charge is 0.234 e. The lowest BCUT2D eigenvalue weighted by molar-refractivity contribution is -0.113. The van der Waals surface area contributed by atoms with Crippen molar-refractivity contribution in [3.8, 4) is 11.6 Å². The fraction of sp³-hybridized carbons (Fsp3) is 0.350. The van der Waals surface area contributed by atoms with Gasteiger partial charge in [-0.1, -0.05) is 29.5 Å².